The van der Waals surface area contributed by atoms with Crippen LogP contribution in [-0.4, -0.2) is 42.6 Å². The lowest BCUT2D eigenvalue weighted by atomic mass is 9.92. The zero-order valence-electron chi connectivity index (χ0n) is 12.6. The molecule has 2 aromatic rings. The van der Waals surface area contributed by atoms with Crippen LogP contribution in [0.4, 0.5) is 32.2 Å². The Labute approximate surface area is 136 Å². The molecule has 0 spiro atoms. The molecule has 0 saturated heterocycles. The molecule has 1 aliphatic carbocycles. The maximum absolute atomic E-state index is 12.8. The van der Waals surface area contributed by atoms with E-state index in [2.05, 4.69) is 15.0 Å². The van der Waals surface area contributed by atoms with Crippen molar-refractivity contribution >= 4 is 17.0 Å². The lowest BCUT2D eigenvalue weighted by molar-refractivity contribution is -0.188. The average molecular weight is 369 g/mol. The summed E-state index contributed by atoms with van der Waals surface area (Å²) < 4.78 is 77.7. The molecule has 0 aromatic carbocycles. The summed E-state index contributed by atoms with van der Waals surface area (Å²) >= 11 is 0. The van der Waals surface area contributed by atoms with Crippen molar-refractivity contribution in [2.75, 3.05) is 5.73 Å². The fourth-order valence-electron chi connectivity index (χ4n) is 3.32. The van der Waals surface area contributed by atoms with Gasteiger partial charge in [0.2, 0.25) is 0 Å². The zero-order valence-corrected chi connectivity index (χ0v) is 12.6. The van der Waals surface area contributed by atoms with Gasteiger partial charge in [-0.2, -0.15) is 26.3 Å². The van der Waals surface area contributed by atoms with Crippen LogP contribution < -0.4 is 5.73 Å². The Morgan fingerprint density at radius 2 is 1.68 bits per heavy atom. The number of nitrogens with two attached hydrogens (primary N) is 1. The topological polar surface area (TPSA) is 89.9 Å². The van der Waals surface area contributed by atoms with Crippen molar-refractivity contribution in [3.05, 3.63) is 12.7 Å². The highest BCUT2D eigenvalue weighted by atomic mass is 19.4. The van der Waals surface area contributed by atoms with E-state index < -0.39 is 49.2 Å². The van der Waals surface area contributed by atoms with E-state index in [1.165, 1.54) is 4.57 Å². The highest BCUT2D eigenvalue weighted by Crippen LogP contribution is 2.66. The van der Waals surface area contributed by atoms with Crippen molar-refractivity contribution in [2.24, 2.45) is 5.41 Å². The second-order valence-corrected chi connectivity index (χ2v) is 6.38. The third kappa shape index (κ3) is 3.34. The molecular weight excluding hydrogens is 356 g/mol. The zero-order chi connectivity index (χ0) is 18.7. The first-order valence-corrected chi connectivity index (χ1v) is 7.11. The summed E-state index contributed by atoms with van der Waals surface area (Å²) in [5.41, 5.74) is 1.37. The number of fused-ring (bicyclic) bond motifs is 1. The maximum Gasteiger partial charge on any atom is 0.389 e. The molecule has 1 fully saturated rings. The molecule has 3 rings (SSSR count). The summed E-state index contributed by atoms with van der Waals surface area (Å²) in [4.78, 5) is 11.4. The molecule has 1 unspecified atom stereocenters. The fraction of sp³-hybridized carbons (Fsp3) is 0.615. The van der Waals surface area contributed by atoms with Gasteiger partial charge in [0.1, 0.15) is 11.8 Å². The number of hydrogen-bond acceptors (Lipinski definition) is 5. The summed E-state index contributed by atoms with van der Waals surface area (Å²) in [5.74, 6) is 0.0170. The second-order valence-electron chi connectivity index (χ2n) is 6.38. The largest absolute Gasteiger partial charge is 0.389 e. The number of rotatable bonds is 4. The van der Waals surface area contributed by atoms with Gasteiger partial charge in [0.15, 0.2) is 11.5 Å². The van der Waals surface area contributed by atoms with Gasteiger partial charge in [-0.25, -0.2) is 15.0 Å². The Bertz CT molecular complexity index is 784. The molecule has 1 saturated carbocycles. The Balaban J connectivity index is 1.91. The Hall–Kier alpha value is -2.11. The number of alkyl halides is 6. The first-order chi connectivity index (χ1) is 11.3. The van der Waals surface area contributed by atoms with Crippen LogP contribution in [0.25, 0.3) is 11.2 Å². The van der Waals surface area contributed by atoms with Crippen LogP contribution in [0.1, 0.15) is 19.3 Å². The monoisotopic (exact) mass is 369 g/mol. The molecule has 0 radical (unpaired) electrons. The molecule has 1 atom stereocenters. The molecule has 25 heavy (non-hydrogen) atoms. The maximum atomic E-state index is 12.8. The van der Waals surface area contributed by atoms with E-state index in [-0.39, 0.29) is 17.0 Å². The highest BCUT2D eigenvalue weighted by molar-refractivity contribution is 5.81. The molecule has 3 N–H and O–H groups in total. The number of halogens is 6. The molecule has 2 heterocycles. The van der Waals surface area contributed by atoms with Gasteiger partial charge in [-0.05, 0) is 6.42 Å². The molecule has 138 valence electrons. The van der Waals surface area contributed by atoms with Gasteiger partial charge in [0, 0.05) is 5.41 Å². The molecule has 0 bridgehead atoms. The van der Waals surface area contributed by atoms with Crippen LogP contribution in [-0.2, 0) is 6.54 Å². The van der Waals surface area contributed by atoms with Crippen LogP contribution in [0.2, 0.25) is 0 Å². The summed E-state index contributed by atoms with van der Waals surface area (Å²) in [7, 11) is 0. The van der Waals surface area contributed by atoms with Gasteiger partial charge in [0.25, 0.3) is 0 Å². The van der Waals surface area contributed by atoms with Gasteiger partial charge in [-0.3, -0.25) is 0 Å². The van der Waals surface area contributed by atoms with Crippen LogP contribution in [0.15, 0.2) is 12.7 Å². The number of nitrogens with zero attached hydrogens (tertiary/aromatic N) is 4. The van der Waals surface area contributed by atoms with E-state index in [0.717, 1.165) is 12.7 Å². The number of aliphatic hydroxyl groups is 1. The smallest absolute Gasteiger partial charge is 0.387 e. The number of imidazole rings is 1. The first-order valence-electron chi connectivity index (χ1n) is 7.11. The van der Waals surface area contributed by atoms with E-state index in [1.54, 1.807) is 0 Å². The molecule has 1 aliphatic rings. The van der Waals surface area contributed by atoms with Gasteiger partial charge in [-0.1, -0.05) is 0 Å². The van der Waals surface area contributed by atoms with E-state index in [1.807, 2.05) is 0 Å². The standard InChI is InChI=1S/C13H13F6N5O/c14-12(15,16)2-10(3-13(17,18)19)1-11(10,25)4-24-6-23-7-8(20)21-5-22-9(7)24/h5-6,25H,1-4H2,(H2,20,21,22). The number of anilines is 1. The average Bonchev–Trinajstić information content (AvgIpc) is 2.75. The first kappa shape index (κ1) is 17.7. The third-order valence-corrected chi connectivity index (χ3v) is 4.43. The predicted octanol–water partition coefficient (Wildman–Crippen LogP) is 2.43. The number of hydrogen-bond donors (Lipinski definition) is 2. The fourth-order valence-corrected chi connectivity index (χ4v) is 3.32. The van der Waals surface area contributed by atoms with E-state index >= 15 is 0 Å². The molecule has 2 aromatic heterocycles. The molecule has 0 amide bonds. The van der Waals surface area contributed by atoms with Crippen LogP contribution in [0, 0.1) is 5.41 Å². The number of aromatic nitrogens is 4. The normalized spacial score (nSPS) is 23.2. The van der Waals surface area contributed by atoms with Crippen molar-refractivity contribution < 1.29 is 31.4 Å². The minimum Gasteiger partial charge on any atom is -0.387 e. The molecule has 6 nitrogen and oxygen atoms in total. The lowest BCUT2D eigenvalue weighted by Gasteiger charge is -2.24. The highest BCUT2D eigenvalue weighted by Gasteiger charge is 2.72. The Kier molecular flexibility index (Phi) is 3.68. The van der Waals surface area contributed by atoms with Crippen LogP contribution >= 0.6 is 0 Å². The third-order valence-electron chi connectivity index (χ3n) is 4.43. The minimum atomic E-state index is -4.83. The van der Waals surface area contributed by atoms with Crippen molar-refractivity contribution in [2.45, 2.75) is 43.8 Å². The van der Waals surface area contributed by atoms with Crippen LogP contribution in [0.3, 0.4) is 0 Å². The van der Waals surface area contributed by atoms with Crippen molar-refractivity contribution in [1.82, 2.24) is 19.5 Å². The molecule has 12 heteroatoms. The summed E-state index contributed by atoms with van der Waals surface area (Å²) in [6.07, 6.45) is -11.5. The van der Waals surface area contributed by atoms with Gasteiger partial charge in [-0.15, -0.1) is 0 Å². The van der Waals surface area contributed by atoms with E-state index in [4.69, 9.17) is 5.73 Å². The van der Waals surface area contributed by atoms with E-state index in [9.17, 15) is 31.4 Å². The van der Waals surface area contributed by atoms with E-state index in [0.29, 0.717) is 0 Å². The van der Waals surface area contributed by atoms with Crippen LogP contribution in [0.5, 0.6) is 0 Å². The second kappa shape index (κ2) is 5.19. The Morgan fingerprint density at radius 1 is 1.08 bits per heavy atom. The van der Waals surface area contributed by atoms with Crippen molar-refractivity contribution in [3.8, 4) is 0 Å². The lowest BCUT2D eigenvalue weighted by Crippen LogP contribution is -2.33. The quantitative estimate of drug-likeness (QED) is 0.808. The van der Waals surface area contributed by atoms with Gasteiger partial charge in [0.05, 0.1) is 31.3 Å². The van der Waals surface area contributed by atoms with Crippen molar-refractivity contribution in [3.63, 3.8) is 0 Å². The Morgan fingerprint density at radius 3 is 2.24 bits per heavy atom. The predicted molar refractivity (Wildman–Crippen MR) is 73.1 cm³/mol. The summed E-state index contributed by atoms with van der Waals surface area (Å²) in [6.45, 7) is -0.508. The van der Waals surface area contributed by atoms with Crippen molar-refractivity contribution in [1.29, 1.82) is 0 Å². The SMILES string of the molecule is Nc1ncnc2c1ncn2CC1(O)CC1(CC(F)(F)F)CC(F)(F)F. The molecule has 0 aliphatic heterocycles. The minimum absolute atomic E-state index is 0.0170. The summed E-state index contributed by atoms with van der Waals surface area (Å²) in [5, 5.41) is 10.4. The van der Waals surface area contributed by atoms with Gasteiger partial charge >= 0.3 is 12.4 Å². The van der Waals surface area contributed by atoms with Gasteiger partial charge < -0.3 is 15.4 Å². The summed E-state index contributed by atoms with van der Waals surface area (Å²) in [6, 6.07) is 0. The molecular formula is C13H13F6N5O. The number of nitrogen functional groups attached to an aromatic ring is 1.